The van der Waals surface area contributed by atoms with E-state index >= 15 is 0 Å². The van der Waals surface area contributed by atoms with E-state index in [-0.39, 0.29) is 5.75 Å². The molecule has 3 rings (SSSR count). The van der Waals surface area contributed by atoms with Crippen molar-refractivity contribution in [1.82, 2.24) is 15.0 Å². The molecule has 22 heavy (non-hydrogen) atoms. The lowest BCUT2D eigenvalue weighted by Gasteiger charge is -2.07. The molecule has 0 fully saturated rings. The monoisotopic (exact) mass is 296 g/mol. The molecule has 6 heteroatoms. The van der Waals surface area contributed by atoms with Gasteiger partial charge in [-0.3, -0.25) is 0 Å². The Hall–Kier alpha value is -3.02. The van der Waals surface area contributed by atoms with Crippen LogP contribution in [-0.2, 0) is 0 Å². The fourth-order valence-corrected chi connectivity index (χ4v) is 2.25. The molecule has 0 atom stereocenters. The van der Waals surface area contributed by atoms with Crippen molar-refractivity contribution in [3.63, 3.8) is 0 Å². The number of nitrogen functional groups attached to an aromatic ring is 1. The Morgan fingerprint density at radius 3 is 2.77 bits per heavy atom. The highest BCUT2D eigenvalue weighted by molar-refractivity contribution is 5.72. The largest absolute Gasteiger partial charge is 0.506 e. The highest BCUT2D eigenvalue weighted by atomic mass is 16.5. The summed E-state index contributed by atoms with van der Waals surface area (Å²) in [5.41, 5.74) is 9.00. The number of aromatic nitrogens is 3. The van der Waals surface area contributed by atoms with Gasteiger partial charge in [0.2, 0.25) is 0 Å². The molecular weight excluding hydrogens is 280 g/mol. The lowest BCUT2D eigenvalue weighted by Crippen LogP contribution is -2.03. The number of nitrogens with two attached hydrogens (primary N) is 1. The minimum absolute atomic E-state index is 0.0967. The molecule has 1 heterocycles. The van der Waals surface area contributed by atoms with E-state index in [1.165, 1.54) is 4.68 Å². The normalized spacial score (nSPS) is 10.6. The lowest BCUT2D eigenvalue weighted by atomic mass is 10.1. The highest BCUT2D eigenvalue weighted by Crippen LogP contribution is 2.30. The number of phenolic OH excluding ortho intramolecular Hbond substituents is 1. The van der Waals surface area contributed by atoms with Gasteiger partial charge in [-0.25, -0.2) is 0 Å². The summed E-state index contributed by atoms with van der Waals surface area (Å²) in [6.07, 6.45) is 0. The molecule has 112 valence electrons. The predicted molar refractivity (Wildman–Crippen MR) is 84.2 cm³/mol. The Morgan fingerprint density at radius 2 is 2.00 bits per heavy atom. The van der Waals surface area contributed by atoms with Crippen LogP contribution in [0, 0.1) is 6.92 Å². The third kappa shape index (κ3) is 2.35. The maximum Gasteiger partial charge on any atom is 0.156 e. The standard InChI is InChI=1S/C16H16N4O2/c1-10-6-7-14(21)13(8-10)20-16(17)15(18-19-20)11-4-3-5-12(9-11)22-2/h3-9,21H,17H2,1-2H3. The molecule has 3 aromatic rings. The molecule has 0 bridgehead atoms. The Balaban J connectivity index is 2.10. The number of nitrogens with zero attached hydrogens (tertiary/aromatic N) is 3. The van der Waals surface area contributed by atoms with E-state index in [0.29, 0.717) is 22.9 Å². The van der Waals surface area contributed by atoms with Crippen LogP contribution >= 0.6 is 0 Å². The van der Waals surface area contributed by atoms with E-state index in [1.54, 1.807) is 19.2 Å². The second kappa shape index (κ2) is 5.40. The number of hydrogen-bond donors (Lipinski definition) is 2. The second-order valence-electron chi connectivity index (χ2n) is 4.96. The van der Waals surface area contributed by atoms with Crippen LogP contribution in [0.2, 0.25) is 0 Å². The number of methoxy groups -OCH3 is 1. The Kier molecular flexibility index (Phi) is 3.42. The first-order valence-electron chi connectivity index (χ1n) is 6.75. The molecule has 1 aromatic heterocycles. The van der Waals surface area contributed by atoms with Crippen LogP contribution in [0.25, 0.3) is 16.9 Å². The van der Waals surface area contributed by atoms with Crippen LogP contribution < -0.4 is 10.5 Å². The third-order valence-corrected chi connectivity index (χ3v) is 3.41. The predicted octanol–water partition coefficient (Wildman–Crippen LogP) is 2.54. The van der Waals surface area contributed by atoms with Crippen molar-refractivity contribution in [1.29, 1.82) is 0 Å². The number of aryl methyl sites for hydroxylation is 1. The summed E-state index contributed by atoms with van der Waals surface area (Å²) in [6.45, 7) is 1.93. The molecular formula is C16H16N4O2. The van der Waals surface area contributed by atoms with Gasteiger partial charge in [-0.15, -0.1) is 5.10 Å². The first-order valence-corrected chi connectivity index (χ1v) is 6.75. The maximum atomic E-state index is 10.0. The summed E-state index contributed by atoms with van der Waals surface area (Å²) in [5.74, 6) is 1.17. The average Bonchev–Trinajstić information content (AvgIpc) is 2.91. The zero-order valence-electron chi connectivity index (χ0n) is 12.3. The van der Waals surface area contributed by atoms with Crippen LogP contribution in [0.3, 0.4) is 0 Å². The van der Waals surface area contributed by atoms with Crippen LogP contribution in [-0.4, -0.2) is 27.2 Å². The molecule has 3 N–H and O–H groups in total. The van der Waals surface area contributed by atoms with Gasteiger partial charge in [0.15, 0.2) is 5.82 Å². The molecule has 0 aliphatic carbocycles. The van der Waals surface area contributed by atoms with Gasteiger partial charge in [-0.1, -0.05) is 23.4 Å². The molecule has 0 aliphatic rings. The number of rotatable bonds is 3. The summed E-state index contributed by atoms with van der Waals surface area (Å²) < 4.78 is 6.63. The van der Waals surface area contributed by atoms with Crippen LogP contribution in [0.15, 0.2) is 42.5 Å². The number of ether oxygens (including phenoxy) is 1. The summed E-state index contributed by atoms with van der Waals surface area (Å²) in [4.78, 5) is 0. The molecule has 0 unspecified atom stereocenters. The summed E-state index contributed by atoms with van der Waals surface area (Å²) in [7, 11) is 1.60. The van der Waals surface area contributed by atoms with Crippen molar-refractivity contribution < 1.29 is 9.84 Å². The van der Waals surface area contributed by atoms with Crippen molar-refractivity contribution in [3.8, 4) is 28.4 Å². The topological polar surface area (TPSA) is 86.2 Å². The number of anilines is 1. The quantitative estimate of drug-likeness (QED) is 0.775. The zero-order chi connectivity index (χ0) is 15.7. The number of phenols is 1. The van der Waals surface area contributed by atoms with Gasteiger partial charge >= 0.3 is 0 Å². The molecule has 0 saturated carbocycles. The van der Waals surface area contributed by atoms with Crippen LogP contribution in [0.4, 0.5) is 5.82 Å². The maximum absolute atomic E-state index is 10.0. The number of aromatic hydroxyl groups is 1. The number of benzene rings is 2. The Bertz CT molecular complexity index is 827. The van der Waals surface area contributed by atoms with Crippen LogP contribution in [0.1, 0.15) is 5.56 Å². The van der Waals surface area contributed by atoms with Crippen molar-refractivity contribution in [2.75, 3.05) is 12.8 Å². The van der Waals surface area contributed by atoms with Gasteiger partial charge in [0.25, 0.3) is 0 Å². The average molecular weight is 296 g/mol. The Labute approximate surface area is 127 Å². The highest BCUT2D eigenvalue weighted by Gasteiger charge is 2.15. The second-order valence-corrected chi connectivity index (χ2v) is 4.96. The van der Waals surface area contributed by atoms with E-state index in [4.69, 9.17) is 10.5 Å². The molecule has 0 spiro atoms. The summed E-state index contributed by atoms with van der Waals surface area (Å²) in [6, 6.07) is 12.6. The first-order chi connectivity index (χ1) is 10.6. The molecule has 6 nitrogen and oxygen atoms in total. The Morgan fingerprint density at radius 1 is 1.18 bits per heavy atom. The van der Waals surface area contributed by atoms with E-state index < -0.39 is 0 Å². The van der Waals surface area contributed by atoms with Gasteiger partial charge in [-0.2, -0.15) is 4.68 Å². The fourth-order valence-electron chi connectivity index (χ4n) is 2.25. The van der Waals surface area contributed by atoms with Crippen molar-refractivity contribution in [2.24, 2.45) is 0 Å². The van der Waals surface area contributed by atoms with E-state index in [0.717, 1.165) is 11.1 Å². The molecule has 0 radical (unpaired) electrons. The van der Waals surface area contributed by atoms with Gasteiger partial charge in [0.1, 0.15) is 22.9 Å². The smallest absolute Gasteiger partial charge is 0.156 e. The number of hydrogen-bond acceptors (Lipinski definition) is 5. The molecule has 0 aliphatic heterocycles. The first kappa shape index (κ1) is 13.9. The minimum atomic E-state index is 0.0967. The van der Waals surface area contributed by atoms with Crippen LogP contribution in [0.5, 0.6) is 11.5 Å². The lowest BCUT2D eigenvalue weighted by molar-refractivity contribution is 0.415. The van der Waals surface area contributed by atoms with Gasteiger partial charge in [0, 0.05) is 5.56 Å². The third-order valence-electron chi connectivity index (χ3n) is 3.41. The van der Waals surface area contributed by atoms with Crippen molar-refractivity contribution >= 4 is 5.82 Å². The van der Waals surface area contributed by atoms with E-state index in [1.807, 2.05) is 37.3 Å². The summed E-state index contributed by atoms with van der Waals surface area (Å²) >= 11 is 0. The molecule has 0 amide bonds. The van der Waals surface area contributed by atoms with Gasteiger partial charge < -0.3 is 15.6 Å². The van der Waals surface area contributed by atoms with Crippen molar-refractivity contribution in [2.45, 2.75) is 6.92 Å². The summed E-state index contributed by atoms with van der Waals surface area (Å²) in [5, 5.41) is 18.2. The molecule has 0 saturated heterocycles. The van der Waals surface area contributed by atoms with Gasteiger partial charge in [-0.05, 0) is 36.8 Å². The SMILES string of the molecule is COc1cccc(-c2nnn(-c3cc(C)ccc3O)c2N)c1. The zero-order valence-corrected chi connectivity index (χ0v) is 12.3. The van der Waals surface area contributed by atoms with Gasteiger partial charge in [0.05, 0.1) is 7.11 Å². The van der Waals surface area contributed by atoms with E-state index in [2.05, 4.69) is 10.3 Å². The fraction of sp³-hybridized carbons (Fsp3) is 0.125. The van der Waals surface area contributed by atoms with Crippen molar-refractivity contribution in [3.05, 3.63) is 48.0 Å². The molecule has 2 aromatic carbocycles. The minimum Gasteiger partial charge on any atom is -0.506 e. The van der Waals surface area contributed by atoms with E-state index in [9.17, 15) is 5.11 Å².